The van der Waals surface area contributed by atoms with Gasteiger partial charge in [0.05, 0.1) is 0 Å². The number of rotatable bonds is 14. The van der Waals surface area contributed by atoms with Gasteiger partial charge in [-0.2, -0.15) is 0 Å². The Morgan fingerprint density at radius 3 is 2.25 bits per heavy atom. The fourth-order valence-corrected chi connectivity index (χ4v) is 2.34. The summed E-state index contributed by atoms with van der Waals surface area (Å²) in [6.07, 6.45) is 4.93. The zero-order valence-electron chi connectivity index (χ0n) is 16.0. The third-order valence-corrected chi connectivity index (χ3v) is 3.76. The predicted molar refractivity (Wildman–Crippen MR) is 99.7 cm³/mol. The standard InChI is InChI=1S/C18H38N4O2/c1-14(2)8-5-6-12-21-18(24)16(9-7-11-19)22-17(23)10-13-20-15(3)4/h14-16,20H,5-13,19H2,1-4H3,(H,21,24)(H,22,23). The van der Waals surface area contributed by atoms with Crippen molar-refractivity contribution in [3.8, 4) is 0 Å². The summed E-state index contributed by atoms with van der Waals surface area (Å²) in [6, 6.07) is -0.134. The molecule has 0 saturated heterocycles. The Morgan fingerprint density at radius 1 is 0.958 bits per heavy atom. The molecule has 0 spiro atoms. The van der Waals surface area contributed by atoms with Crippen LogP contribution in [0.1, 0.15) is 66.2 Å². The van der Waals surface area contributed by atoms with E-state index in [1.54, 1.807) is 0 Å². The maximum absolute atomic E-state index is 12.3. The number of carbonyl (C=O) groups excluding carboxylic acids is 2. The van der Waals surface area contributed by atoms with Crippen LogP contribution in [0.15, 0.2) is 0 Å². The molecule has 6 nitrogen and oxygen atoms in total. The number of hydrogen-bond acceptors (Lipinski definition) is 4. The minimum absolute atomic E-state index is 0.0971. The lowest BCUT2D eigenvalue weighted by molar-refractivity contribution is -0.129. The zero-order chi connectivity index (χ0) is 18.4. The Morgan fingerprint density at radius 2 is 1.67 bits per heavy atom. The van der Waals surface area contributed by atoms with Crippen molar-refractivity contribution in [1.29, 1.82) is 0 Å². The van der Waals surface area contributed by atoms with Gasteiger partial charge in [-0.1, -0.05) is 40.5 Å². The van der Waals surface area contributed by atoms with Gasteiger partial charge in [0.15, 0.2) is 0 Å². The summed E-state index contributed by atoms with van der Waals surface area (Å²) < 4.78 is 0. The normalized spacial score (nSPS) is 12.5. The van der Waals surface area contributed by atoms with Gasteiger partial charge in [0.25, 0.3) is 0 Å². The molecule has 0 heterocycles. The van der Waals surface area contributed by atoms with Crippen LogP contribution in [0.5, 0.6) is 0 Å². The van der Waals surface area contributed by atoms with Crippen molar-refractivity contribution >= 4 is 11.8 Å². The number of amides is 2. The van der Waals surface area contributed by atoms with Crippen molar-refractivity contribution in [2.75, 3.05) is 19.6 Å². The highest BCUT2D eigenvalue weighted by Crippen LogP contribution is 2.05. The van der Waals surface area contributed by atoms with Gasteiger partial charge in [0, 0.05) is 25.6 Å². The van der Waals surface area contributed by atoms with Crippen molar-refractivity contribution in [2.24, 2.45) is 11.7 Å². The fraction of sp³-hybridized carbons (Fsp3) is 0.889. The molecule has 0 aliphatic rings. The largest absolute Gasteiger partial charge is 0.354 e. The number of nitrogens with two attached hydrogens (primary N) is 1. The van der Waals surface area contributed by atoms with Crippen molar-refractivity contribution in [2.45, 2.75) is 78.3 Å². The summed E-state index contributed by atoms with van der Waals surface area (Å²) in [5.41, 5.74) is 5.53. The molecule has 24 heavy (non-hydrogen) atoms. The molecule has 2 amide bonds. The predicted octanol–water partition coefficient (Wildman–Crippen LogP) is 1.54. The molecule has 0 bridgehead atoms. The van der Waals surface area contributed by atoms with Crippen molar-refractivity contribution < 1.29 is 9.59 Å². The van der Waals surface area contributed by atoms with Gasteiger partial charge in [0.1, 0.15) is 6.04 Å². The first-order chi connectivity index (χ1) is 11.4. The Bertz CT molecular complexity index is 346. The molecule has 0 fully saturated rings. The minimum Gasteiger partial charge on any atom is -0.354 e. The monoisotopic (exact) mass is 342 g/mol. The van der Waals surface area contributed by atoms with Crippen molar-refractivity contribution in [1.82, 2.24) is 16.0 Å². The molecule has 1 unspecified atom stereocenters. The number of nitrogens with one attached hydrogen (secondary N) is 3. The van der Waals surface area contributed by atoms with Gasteiger partial charge in [-0.25, -0.2) is 0 Å². The van der Waals surface area contributed by atoms with E-state index >= 15 is 0 Å². The second-order valence-corrected chi connectivity index (χ2v) is 7.09. The van der Waals surface area contributed by atoms with Gasteiger partial charge < -0.3 is 21.7 Å². The van der Waals surface area contributed by atoms with Gasteiger partial charge in [-0.3, -0.25) is 9.59 Å². The molecule has 0 aromatic carbocycles. The smallest absolute Gasteiger partial charge is 0.242 e. The molecule has 0 rings (SSSR count). The van der Waals surface area contributed by atoms with Crippen LogP contribution >= 0.6 is 0 Å². The number of hydrogen-bond donors (Lipinski definition) is 4. The number of carbonyl (C=O) groups is 2. The van der Waals surface area contributed by atoms with Crippen LogP contribution in [0.2, 0.25) is 0 Å². The SMILES string of the molecule is CC(C)CCCCNC(=O)C(CCCN)NC(=O)CCNC(C)C. The molecule has 1 atom stereocenters. The van der Waals surface area contributed by atoms with Crippen molar-refractivity contribution in [3.63, 3.8) is 0 Å². The Labute approximate surface area is 147 Å². The molecular weight excluding hydrogens is 304 g/mol. The van der Waals surface area contributed by atoms with Crippen molar-refractivity contribution in [3.05, 3.63) is 0 Å². The topological polar surface area (TPSA) is 96.2 Å². The second-order valence-electron chi connectivity index (χ2n) is 7.09. The summed E-state index contributed by atoms with van der Waals surface area (Å²) in [7, 11) is 0. The van der Waals surface area contributed by atoms with E-state index in [2.05, 4.69) is 29.8 Å². The van der Waals surface area contributed by atoms with Crippen LogP contribution in [0.3, 0.4) is 0 Å². The summed E-state index contributed by atoms with van der Waals surface area (Å²) in [6.45, 7) is 10.3. The molecule has 0 saturated carbocycles. The van der Waals surface area contributed by atoms with Gasteiger partial charge in [-0.05, 0) is 31.7 Å². The van der Waals surface area contributed by atoms with E-state index in [1.165, 1.54) is 6.42 Å². The lowest BCUT2D eigenvalue weighted by Crippen LogP contribution is -2.47. The molecule has 6 heteroatoms. The fourth-order valence-electron chi connectivity index (χ4n) is 2.34. The summed E-state index contributed by atoms with van der Waals surface area (Å²) in [4.78, 5) is 24.3. The lowest BCUT2D eigenvalue weighted by Gasteiger charge is -2.19. The molecule has 0 aromatic rings. The molecule has 142 valence electrons. The Hall–Kier alpha value is -1.14. The van der Waals surface area contributed by atoms with Crippen LogP contribution in [-0.2, 0) is 9.59 Å². The van der Waals surface area contributed by atoms with Crippen LogP contribution in [0.4, 0.5) is 0 Å². The van der Waals surface area contributed by atoms with E-state index in [-0.39, 0.29) is 11.8 Å². The molecule has 0 aliphatic heterocycles. The van der Waals surface area contributed by atoms with Crippen LogP contribution in [0.25, 0.3) is 0 Å². The first-order valence-corrected chi connectivity index (χ1v) is 9.37. The number of unbranched alkanes of at least 4 members (excludes halogenated alkanes) is 1. The highest BCUT2D eigenvalue weighted by Gasteiger charge is 2.19. The Balaban J connectivity index is 4.17. The third-order valence-electron chi connectivity index (χ3n) is 3.76. The van der Waals surface area contributed by atoms with E-state index < -0.39 is 6.04 Å². The van der Waals surface area contributed by atoms with E-state index in [0.717, 1.165) is 19.3 Å². The molecule has 0 aromatic heterocycles. The molecule has 0 aliphatic carbocycles. The third kappa shape index (κ3) is 13.3. The summed E-state index contributed by atoms with van der Waals surface area (Å²) in [5, 5.41) is 8.97. The lowest BCUT2D eigenvalue weighted by atomic mass is 10.1. The van der Waals surface area contributed by atoms with E-state index in [9.17, 15) is 9.59 Å². The van der Waals surface area contributed by atoms with Gasteiger partial charge >= 0.3 is 0 Å². The molecule has 0 radical (unpaired) electrons. The van der Waals surface area contributed by atoms with Gasteiger partial charge in [-0.15, -0.1) is 0 Å². The van der Waals surface area contributed by atoms with Crippen LogP contribution in [-0.4, -0.2) is 43.5 Å². The first kappa shape index (κ1) is 22.9. The highest BCUT2D eigenvalue weighted by atomic mass is 16.2. The van der Waals surface area contributed by atoms with E-state index in [1.807, 2.05) is 13.8 Å². The summed E-state index contributed by atoms with van der Waals surface area (Å²) in [5.74, 6) is 0.495. The quantitative estimate of drug-likeness (QED) is 0.360. The summed E-state index contributed by atoms with van der Waals surface area (Å²) >= 11 is 0. The zero-order valence-corrected chi connectivity index (χ0v) is 16.0. The Kier molecular flexibility index (Phi) is 13.5. The van der Waals surface area contributed by atoms with Gasteiger partial charge in [0.2, 0.25) is 11.8 Å². The highest BCUT2D eigenvalue weighted by molar-refractivity contribution is 5.87. The average molecular weight is 343 g/mol. The second kappa shape index (κ2) is 14.2. The maximum atomic E-state index is 12.3. The maximum Gasteiger partial charge on any atom is 0.242 e. The molecule has 5 N–H and O–H groups in total. The first-order valence-electron chi connectivity index (χ1n) is 9.37. The van der Waals surface area contributed by atoms with E-state index in [0.29, 0.717) is 44.4 Å². The average Bonchev–Trinajstić information content (AvgIpc) is 2.50. The molecular formula is C18H38N4O2. The van der Waals surface area contributed by atoms with E-state index in [4.69, 9.17) is 5.73 Å². The van der Waals surface area contributed by atoms with Crippen LogP contribution in [0, 0.1) is 5.92 Å². The van der Waals surface area contributed by atoms with Crippen LogP contribution < -0.4 is 21.7 Å². The minimum atomic E-state index is -0.481.